The van der Waals surface area contributed by atoms with Gasteiger partial charge in [0.25, 0.3) is 0 Å². The number of hydrogen-bond acceptors (Lipinski definition) is 24. The Balaban J connectivity index is 1.05. The number of hydrogen-bond donors (Lipinski definition) is 10. The lowest BCUT2D eigenvalue weighted by molar-refractivity contribution is -0.0202. The van der Waals surface area contributed by atoms with Crippen molar-refractivity contribution < 1.29 is 76.3 Å². The van der Waals surface area contributed by atoms with Gasteiger partial charge < -0.3 is 70.0 Å². The lowest BCUT2D eigenvalue weighted by Crippen LogP contribution is -2.36. The second-order valence-electron chi connectivity index (χ2n) is 12.7. The van der Waals surface area contributed by atoms with Gasteiger partial charge in [0.2, 0.25) is 0 Å². The first-order valence-electron chi connectivity index (χ1n) is 16.3. The van der Waals surface area contributed by atoms with E-state index in [1.54, 1.807) is 12.5 Å². The summed E-state index contributed by atoms with van der Waals surface area (Å²) in [5, 5.41) is 43.6. The van der Waals surface area contributed by atoms with E-state index in [-0.39, 0.29) is 23.0 Å². The van der Waals surface area contributed by atoms with Crippen LogP contribution >= 0.6 is 75.4 Å². The second kappa shape index (κ2) is 17.9. The Bertz CT molecular complexity index is 2090. The summed E-state index contributed by atoms with van der Waals surface area (Å²) >= 11 is 23.6. The van der Waals surface area contributed by atoms with Crippen molar-refractivity contribution in [3.8, 4) is 0 Å². The van der Waals surface area contributed by atoms with Crippen molar-refractivity contribution in [1.82, 2.24) is 19.9 Å². The summed E-state index contributed by atoms with van der Waals surface area (Å²) in [6.07, 6.45) is -5.66. The minimum Gasteiger partial charge on any atom is -0.388 e. The van der Waals surface area contributed by atoms with Gasteiger partial charge in [-0.1, -0.05) is 46.7 Å². The van der Waals surface area contributed by atoms with Crippen molar-refractivity contribution in [2.24, 2.45) is 9.98 Å². The van der Waals surface area contributed by atoms with Crippen LogP contribution < -0.4 is 11.5 Å². The lowest BCUT2D eigenvalue weighted by atomic mass is 9.95. The van der Waals surface area contributed by atoms with Gasteiger partial charge in [0.1, 0.15) is 60.2 Å². The molecule has 0 aliphatic carbocycles. The maximum Gasteiger partial charge on any atom is 0.383 e. The fourth-order valence-corrected chi connectivity index (χ4v) is 16.0. The van der Waals surface area contributed by atoms with E-state index < -0.39 is 106 Å². The highest BCUT2D eigenvalue weighted by atomic mass is 35.5. The molecule has 2 aromatic rings. The topological polar surface area (TPSA) is 380 Å². The average Bonchev–Trinajstić information content (AvgIpc) is 3.90. The van der Waals surface area contributed by atoms with E-state index in [4.69, 9.17) is 76.8 Å². The third-order valence-corrected chi connectivity index (χ3v) is 21.7. The van der Waals surface area contributed by atoms with Gasteiger partial charge in [-0.15, -0.1) is 0 Å². The smallest absolute Gasteiger partial charge is 0.383 e. The van der Waals surface area contributed by atoms with E-state index >= 15 is 0 Å². The zero-order chi connectivity index (χ0) is 43.6. The van der Waals surface area contributed by atoms with Crippen LogP contribution in [0.4, 0.5) is 23.0 Å². The van der Waals surface area contributed by atoms with Crippen LogP contribution in [0.2, 0.25) is 0 Å². The number of anilines is 2. The highest BCUT2D eigenvalue weighted by molar-refractivity contribution is 8.10. The van der Waals surface area contributed by atoms with Crippen LogP contribution in [0.3, 0.4) is 0 Å². The third-order valence-electron chi connectivity index (χ3n) is 8.98. The zero-order valence-corrected chi connectivity index (χ0v) is 38.1. The molecule has 0 spiro atoms. The molecule has 0 saturated carbocycles. The Morgan fingerprint density at radius 3 is 1.41 bits per heavy atom. The van der Waals surface area contributed by atoms with Crippen molar-refractivity contribution in [2.45, 2.75) is 74.8 Å². The van der Waals surface area contributed by atoms with Crippen LogP contribution in [0.15, 0.2) is 20.3 Å². The zero-order valence-electron chi connectivity index (χ0n) is 29.7. The van der Waals surface area contributed by atoms with Crippen molar-refractivity contribution >= 4 is 134 Å². The molecule has 0 amide bonds. The van der Waals surface area contributed by atoms with E-state index in [9.17, 15) is 49.1 Å². The second-order valence-corrected chi connectivity index (χ2v) is 26.9. The SMILES string of the molecule is CSc1nc(N)c2c(n1)C([C@@H]1O[C@H](COP(O)(=S)OP(=O)(O)C(Cl)(Cl)P(=O)(O)OP(O)(=S)OC[C@H]3O[C@@H](C4C=Nc5c(N)nc(SC)nc54)[C@H](O)[C@@H]3O)[C@@H](O)[C@H]1O)C=N2. The highest BCUT2D eigenvalue weighted by Crippen LogP contribution is 2.83. The summed E-state index contributed by atoms with van der Waals surface area (Å²) in [4.78, 5) is 67.9. The van der Waals surface area contributed by atoms with E-state index in [0.29, 0.717) is 21.7 Å². The number of alkyl halides is 2. The van der Waals surface area contributed by atoms with Crippen LogP contribution in [0.5, 0.6) is 0 Å². The molecule has 0 bridgehead atoms. The van der Waals surface area contributed by atoms with E-state index in [0.717, 1.165) is 0 Å². The van der Waals surface area contributed by atoms with E-state index in [2.05, 4.69) is 38.5 Å². The molecule has 2 aromatic heterocycles. The van der Waals surface area contributed by atoms with Crippen LogP contribution in [0, 0.1) is 0 Å². The molecule has 34 heteroatoms. The lowest BCUT2D eigenvalue weighted by Gasteiger charge is -2.31. The van der Waals surface area contributed by atoms with Gasteiger partial charge >= 0.3 is 32.4 Å². The molecule has 0 aromatic carbocycles. The number of fused-ring (bicyclic) bond motifs is 2. The van der Waals surface area contributed by atoms with Gasteiger partial charge in [-0.25, -0.2) is 28.6 Å². The normalized spacial score (nSPS) is 32.9. The summed E-state index contributed by atoms with van der Waals surface area (Å²) in [6.45, 7) is -11.8. The first kappa shape index (κ1) is 48.0. The molecule has 2 saturated heterocycles. The standard InChI is InChI=1S/C25H34Cl2N8O16P4S4/c1-58-23-32-11-7(3-30-13(11)21(28)34-23)19-17(38)15(36)9(48-19)5-46-54(44,56)50-52(40,41)25(26,27)53(42,43)51-55(45,57)47-6-10-16(37)18(39)20(49-10)8-4-31-14-12(8)33-24(59-2)35-22(14)29/h3-4,7-10,15-20,36-39H,5-6H2,1-2H3,(H,40,41)(H,42,43)(H,44,56)(H,45,57)(H2,28,32,34)(H2,29,33,35)/t7?,8?,9-,10-,15-,16-,17-,18-,19+,20+,54?,55?/m1/s1. The number of thioether (sulfide) groups is 2. The van der Waals surface area contributed by atoms with Crippen molar-refractivity contribution in [2.75, 3.05) is 37.2 Å². The number of aliphatic hydroxyl groups excluding tert-OH is 4. The van der Waals surface area contributed by atoms with Crippen LogP contribution in [-0.4, -0.2) is 151 Å². The monoisotopic (exact) mass is 1020 g/mol. The predicted molar refractivity (Wildman–Crippen MR) is 221 cm³/mol. The Kier molecular flexibility index (Phi) is 14.5. The molecular formula is C25H34Cl2N8O16P4S4. The van der Waals surface area contributed by atoms with Gasteiger partial charge in [0.05, 0.1) is 36.4 Å². The number of aliphatic imine (C=N–C) groups is 2. The summed E-state index contributed by atoms with van der Waals surface area (Å²) < 4.78 is 53.4. The van der Waals surface area contributed by atoms with Crippen molar-refractivity contribution in [3.05, 3.63) is 11.4 Å². The van der Waals surface area contributed by atoms with Crippen molar-refractivity contribution in [1.29, 1.82) is 0 Å². The summed E-state index contributed by atoms with van der Waals surface area (Å²) in [5.74, 6) is -1.51. The molecule has 24 nitrogen and oxygen atoms in total. The average molecular weight is 1030 g/mol. The minimum atomic E-state index is -6.07. The van der Waals surface area contributed by atoms with Crippen LogP contribution in [0.1, 0.15) is 23.2 Å². The Hall–Kier alpha value is -0.420. The number of nitrogens with zero attached hydrogens (tertiary/aromatic N) is 6. The molecule has 4 aliphatic heterocycles. The molecule has 6 unspecified atom stereocenters. The van der Waals surface area contributed by atoms with Gasteiger partial charge in [-0.3, -0.25) is 19.1 Å². The summed E-state index contributed by atoms with van der Waals surface area (Å²) in [5.41, 5.74) is 13.0. The van der Waals surface area contributed by atoms with Crippen molar-refractivity contribution in [3.63, 3.8) is 0 Å². The number of halogens is 2. The predicted octanol–water partition coefficient (Wildman–Crippen LogP) is 1.11. The molecule has 6 heterocycles. The Labute approximate surface area is 362 Å². The first-order valence-corrected chi connectivity index (χ1v) is 27.8. The largest absolute Gasteiger partial charge is 0.388 e. The van der Waals surface area contributed by atoms with Gasteiger partial charge in [-0.05, 0) is 36.1 Å². The first-order chi connectivity index (χ1) is 27.3. The minimum absolute atomic E-state index is 0.0694. The van der Waals surface area contributed by atoms with Crippen LogP contribution in [0.25, 0.3) is 0 Å². The summed E-state index contributed by atoms with van der Waals surface area (Å²) in [6, 6.07) is 0. The molecule has 59 heavy (non-hydrogen) atoms. The highest BCUT2D eigenvalue weighted by Gasteiger charge is 2.65. The fourth-order valence-electron chi connectivity index (χ4n) is 6.12. The molecule has 0 radical (unpaired) electrons. The van der Waals surface area contributed by atoms with E-state index in [1.165, 1.54) is 36.0 Å². The molecule has 328 valence electrons. The Morgan fingerprint density at radius 1 is 0.712 bits per heavy atom. The third kappa shape index (κ3) is 9.68. The van der Waals surface area contributed by atoms with Gasteiger partial charge in [-0.2, -0.15) is 0 Å². The quantitative estimate of drug-likeness (QED) is 0.0487. The molecule has 14 atom stereocenters. The molecule has 12 N–H and O–H groups in total. The molecule has 4 aliphatic rings. The molecule has 2 fully saturated rings. The van der Waals surface area contributed by atoms with Gasteiger partial charge in [0.15, 0.2) is 21.9 Å². The van der Waals surface area contributed by atoms with Gasteiger partial charge in [0, 0.05) is 12.4 Å². The molecule has 6 rings (SSSR count). The maximum absolute atomic E-state index is 13.2. The summed E-state index contributed by atoms with van der Waals surface area (Å²) in [7, 11) is -12.1. The number of nitrogen functional groups attached to an aromatic ring is 2. The van der Waals surface area contributed by atoms with Crippen LogP contribution in [-0.2, 0) is 59.9 Å². The number of ether oxygens (including phenoxy) is 2. The Morgan fingerprint density at radius 2 is 1.07 bits per heavy atom. The number of aromatic nitrogens is 4. The number of aliphatic hydroxyl groups is 4. The molecular weight excluding hydrogens is 991 g/mol. The number of nitrogens with two attached hydrogens (primary N) is 2. The fraction of sp³-hybridized carbons (Fsp3) is 0.600. The maximum atomic E-state index is 13.2. The number of rotatable bonds is 16. The van der Waals surface area contributed by atoms with E-state index in [1.807, 2.05) is 0 Å².